The summed E-state index contributed by atoms with van der Waals surface area (Å²) in [6.07, 6.45) is -2.90. The Labute approximate surface area is 198 Å². The van der Waals surface area contributed by atoms with Gasteiger partial charge in [-0.15, -0.1) is 0 Å². The second-order valence-corrected chi connectivity index (χ2v) is 7.81. The average Bonchev–Trinajstić information content (AvgIpc) is 2.78. The molecule has 2 rings (SSSR count). The molecule has 0 saturated carbocycles. The molecule has 0 bridgehead atoms. The average molecular weight is 481 g/mol. The summed E-state index contributed by atoms with van der Waals surface area (Å²) in [5.41, 5.74) is -0.124. The third kappa shape index (κ3) is 7.72. The van der Waals surface area contributed by atoms with E-state index >= 15 is 0 Å². The van der Waals surface area contributed by atoms with Gasteiger partial charge in [0, 0.05) is 19.3 Å². The van der Waals surface area contributed by atoms with Crippen LogP contribution in [0.3, 0.4) is 0 Å². The molecule has 34 heavy (non-hydrogen) atoms. The largest absolute Gasteiger partial charge is 0.478 e. The first-order valence-electron chi connectivity index (χ1n) is 11.5. The molecular formula is C24H32O10. The Kier molecular flexibility index (Phi) is 10.8. The molecule has 4 atom stereocenters. The fraction of sp³-hybridized carbons (Fsp3) is 0.583. The summed E-state index contributed by atoms with van der Waals surface area (Å²) >= 11 is 0. The molecule has 1 aliphatic heterocycles. The number of benzene rings is 1. The summed E-state index contributed by atoms with van der Waals surface area (Å²) in [7, 11) is 0. The number of carbonyl (C=O) groups is 4. The topological polar surface area (TPSA) is 135 Å². The zero-order chi connectivity index (χ0) is 25.1. The van der Waals surface area contributed by atoms with E-state index in [4.69, 9.17) is 23.7 Å². The van der Waals surface area contributed by atoms with E-state index in [1.54, 1.807) is 19.9 Å². The SMILES string of the molecule is CCCC(=O)O[C@@H]1[C@@H](OC(=O)CCC)[C@H](Oc2ccccc2C(=O)O)OC[C@@H]1OC(=O)CCC. The van der Waals surface area contributed by atoms with Crippen molar-refractivity contribution in [2.75, 3.05) is 6.61 Å². The first-order chi connectivity index (χ1) is 16.3. The van der Waals surface area contributed by atoms with Crippen LogP contribution in [0.2, 0.25) is 0 Å². The zero-order valence-electron chi connectivity index (χ0n) is 19.7. The molecule has 0 unspecified atom stereocenters. The summed E-state index contributed by atoms with van der Waals surface area (Å²) in [4.78, 5) is 48.5. The summed E-state index contributed by atoms with van der Waals surface area (Å²) < 4.78 is 28.2. The van der Waals surface area contributed by atoms with E-state index < -0.39 is 48.5 Å². The minimum absolute atomic E-state index is 0.0170. The Balaban J connectivity index is 2.39. The highest BCUT2D eigenvalue weighted by Gasteiger charge is 2.49. The number of para-hydroxylation sites is 1. The smallest absolute Gasteiger partial charge is 0.339 e. The molecule has 0 spiro atoms. The fourth-order valence-corrected chi connectivity index (χ4v) is 3.35. The molecule has 1 saturated heterocycles. The molecule has 0 amide bonds. The molecule has 10 nitrogen and oxygen atoms in total. The lowest BCUT2D eigenvalue weighted by molar-refractivity contribution is -0.261. The molecule has 0 aliphatic carbocycles. The number of hydrogen-bond donors (Lipinski definition) is 1. The van der Waals surface area contributed by atoms with Crippen LogP contribution in [0.25, 0.3) is 0 Å². The van der Waals surface area contributed by atoms with E-state index in [-0.39, 0.29) is 37.2 Å². The van der Waals surface area contributed by atoms with Gasteiger partial charge in [-0.25, -0.2) is 4.79 Å². The molecule has 188 valence electrons. The van der Waals surface area contributed by atoms with Gasteiger partial charge in [-0.3, -0.25) is 14.4 Å². The van der Waals surface area contributed by atoms with Gasteiger partial charge in [0.15, 0.2) is 12.2 Å². The van der Waals surface area contributed by atoms with Gasteiger partial charge in [0.1, 0.15) is 11.3 Å². The van der Waals surface area contributed by atoms with Crippen molar-refractivity contribution >= 4 is 23.9 Å². The molecule has 1 fully saturated rings. The van der Waals surface area contributed by atoms with E-state index in [1.807, 2.05) is 6.92 Å². The molecule has 1 aliphatic rings. The highest BCUT2D eigenvalue weighted by Crippen LogP contribution is 2.29. The van der Waals surface area contributed by atoms with Crippen molar-refractivity contribution in [2.45, 2.75) is 83.9 Å². The third-order valence-electron chi connectivity index (χ3n) is 4.92. The Morgan fingerprint density at radius 3 is 1.94 bits per heavy atom. The van der Waals surface area contributed by atoms with Gasteiger partial charge in [0.25, 0.3) is 0 Å². The monoisotopic (exact) mass is 480 g/mol. The van der Waals surface area contributed by atoms with Crippen molar-refractivity contribution in [2.24, 2.45) is 0 Å². The number of rotatable bonds is 12. The molecular weight excluding hydrogens is 448 g/mol. The molecule has 1 N–H and O–H groups in total. The van der Waals surface area contributed by atoms with Crippen LogP contribution in [0.5, 0.6) is 5.75 Å². The van der Waals surface area contributed by atoms with Gasteiger partial charge < -0.3 is 28.8 Å². The van der Waals surface area contributed by atoms with Crippen LogP contribution in [0.1, 0.15) is 69.7 Å². The van der Waals surface area contributed by atoms with E-state index in [0.29, 0.717) is 19.3 Å². The maximum absolute atomic E-state index is 12.4. The van der Waals surface area contributed by atoms with E-state index in [1.165, 1.54) is 18.2 Å². The van der Waals surface area contributed by atoms with Gasteiger partial charge in [0.05, 0.1) is 6.61 Å². The van der Waals surface area contributed by atoms with E-state index in [0.717, 1.165) is 0 Å². The first-order valence-corrected chi connectivity index (χ1v) is 11.5. The number of esters is 3. The summed E-state index contributed by atoms with van der Waals surface area (Å²) in [6, 6.07) is 5.90. The quantitative estimate of drug-likeness (QED) is 0.351. The van der Waals surface area contributed by atoms with Crippen molar-refractivity contribution in [1.82, 2.24) is 0 Å². The zero-order valence-corrected chi connectivity index (χ0v) is 19.7. The summed E-state index contributed by atoms with van der Waals surface area (Å²) in [6.45, 7) is 5.21. The van der Waals surface area contributed by atoms with Gasteiger partial charge in [-0.05, 0) is 31.4 Å². The highest BCUT2D eigenvalue weighted by atomic mass is 16.7. The van der Waals surface area contributed by atoms with Crippen molar-refractivity contribution in [1.29, 1.82) is 0 Å². The third-order valence-corrected chi connectivity index (χ3v) is 4.92. The maximum Gasteiger partial charge on any atom is 0.339 e. The van der Waals surface area contributed by atoms with E-state index in [9.17, 15) is 24.3 Å². The van der Waals surface area contributed by atoms with Crippen molar-refractivity contribution in [3.8, 4) is 5.75 Å². The predicted molar refractivity (Wildman–Crippen MR) is 118 cm³/mol. The van der Waals surface area contributed by atoms with Gasteiger partial charge in [-0.1, -0.05) is 32.9 Å². The minimum Gasteiger partial charge on any atom is -0.478 e. The molecule has 10 heteroatoms. The van der Waals surface area contributed by atoms with Gasteiger partial charge >= 0.3 is 23.9 Å². The number of aromatic carboxylic acids is 1. The highest BCUT2D eigenvalue weighted by molar-refractivity contribution is 5.90. The predicted octanol–water partition coefficient (Wildman–Crippen LogP) is 3.26. The van der Waals surface area contributed by atoms with Crippen LogP contribution < -0.4 is 4.74 Å². The number of hydrogen-bond acceptors (Lipinski definition) is 9. The van der Waals surface area contributed by atoms with Crippen molar-refractivity contribution in [3.05, 3.63) is 29.8 Å². The van der Waals surface area contributed by atoms with E-state index in [2.05, 4.69) is 0 Å². The Bertz CT molecular complexity index is 852. The minimum atomic E-state index is -1.30. The maximum atomic E-state index is 12.4. The van der Waals surface area contributed by atoms with Crippen LogP contribution in [0.15, 0.2) is 24.3 Å². The van der Waals surface area contributed by atoms with Crippen LogP contribution in [0, 0.1) is 0 Å². The Hall–Kier alpha value is -3.14. The number of carboxylic acids is 1. The second kappa shape index (κ2) is 13.5. The van der Waals surface area contributed by atoms with Crippen LogP contribution in [0.4, 0.5) is 0 Å². The second-order valence-electron chi connectivity index (χ2n) is 7.81. The molecule has 1 heterocycles. The first kappa shape index (κ1) is 27.1. The van der Waals surface area contributed by atoms with Gasteiger partial charge in [0.2, 0.25) is 12.4 Å². The molecule has 0 aromatic heterocycles. The van der Waals surface area contributed by atoms with Crippen molar-refractivity contribution in [3.63, 3.8) is 0 Å². The Morgan fingerprint density at radius 1 is 0.853 bits per heavy atom. The Morgan fingerprint density at radius 2 is 1.38 bits per heavy atom. The van der Waals surface area contributed by atoms with Crippen LogP contribution >= 0.6 is 0 Å². The fourth-order valence-electron chi connectivity index (χ4n) is 3.35. The molecule has 1 aromatic rings. The lowest BCUT2D eigenvalue weighted by atomic mass is 10.0. The van der Waals surface area contributed by atoms with Crippen molar-refractivity contribution < 1.29 is 48.0 Å². The number of carboxylic acid groups (broad SMARTS) is 1. The molecule has 0 radical (unpaired) electrons. The lowest BCUT2D eigenvalue weighted by Gasteiger charge is -2.40. The number of ether oxygens (including phenoxy) is 5. The lowest BCUT2D eigenvalue weighted by Crippen LogP contribution is -2.59. The van der Waals surface area contributed by atoms with Crippen LogP contribution in [-0.2, 0) is 33.3 Å². The van der Waals surface area contributed by atoms with Crippen LogP contribution in [-0.4, -0.2) is 60.2 Å². The summed E-state index contributed by atoms with van der Waals surface area (Å²) in [5, 5.41) is 9.47. The normalized spacial score (nSPS) is 21.9. The standard InChI is InChI=1S/C24H32O10/c1-4-9-18(25)31-17-14-30-24(32-16-13-8-7-12-15(16)23(28)29)22(34-20(27)11-6-3)21(17)33-19(26)10-5-2/h7-8,12-13,17,21-22,24H,4-6,9-11,14H2,1-3H3,(H,28,29)/t17-,21-,22+,24-/m0/s1. The number of carbonyl (C=O) groups excluding carboxylic acids is 3. The molecule has 1 aromatic carbocycles. The summed E-state index contributed by atoms with van der Waals surface area (Å²) in [5.74, 6) is -2.90. The van der Waals surface area contributed by atoms with Gasteiger partial charge in [-0.2, -0.15) is 0 Å².